The highest BCUT2D eigenvalue weighted by Gasteiger charge is 2.02. The van der Waals surface area contributed by atoms with E-state index in [1.165, 1.54) is 5.56 Å². The monoisotopic (exact) mass is 236 g/mol. The van der Waals surface area contributed by atoms with Crippen molar-refractivity contribution in [3.8, 4) is 0 Å². The molecule has 3 heteroatoms. The number of carboxylic acids is 1. The van der Waals surface area contributed by atoms with Crippen molar-refractivity contribution in [3.63, 3.8) is 0 Å². The molecule has 16 heavy (non-hydrogen) atoms. The lowest BCUT2D eigenvalue weighted by molar-refractivity contribution is -0.132. The van der Waals surface area contributed by atoms with Gasteiger partial charge in [-0.25, -0.2) is 4.79 Å². The lowest BCUT2D eigenvalue weighted by Gasteiger charge is -2.00. The predicted molar refractivity (Wildman–Crippen MR) is 68.6 cm³/mol. The van der Waals surface area contributed by atoms with E-state index in [9.17, 15) is 4.79 Å². The van der Waals surface area contributed by atoms with Gasteiger partial charge in [-0.3, -0.25) is 0 Å². The van der Waals surface area contributed by atoms with Crippen LogP contribution in [0.4, 0.5) is 0 Å². The number of benzene rings is 1. The molecule has 1 aromatic rings. The van der Waals surface area contributed by atoms with E-state index in [0.717, 1.165) is 11.5 Å². The van der Waals surface area contributed by atoms with E-state index in [-0.39, 0.29) is 0 Å². The van der Waals surface area contributed by atoms with E-state index < -0.39 is 5.97 Å². The minimum Gasteiger partial charge on any atom is -0.478 e. The van der Waals surface area contributed by atoms with Crippen LogP contribution in [0.25, 0.3) is 0 Å². The Bertz CT molecular complexity index is 357. The Morgan fingerprint density at radius 2 is 2.06 bits per heavy atom. The minimum atomic E-state index is -0.803. The third-order valence-electron chi connectivity index (χ3n) is 2.21. The summed E-state index contributed by atoms with van der Waals surface area (Å²) in [5.74, 6) is 0.876. The number of aliphatic carboxylic acids is 1. The lowest BCUT2D eigenvalue weighted by atomic mass is 10.2. The molecule has 1 rings (SSSR count). The quantitative estimate of drug-likeness (QED) is 0.608. The van der Waals surface area contributed by atoms with Crippen molar-refractivity contribution >= 4 is 17.7 Å². The molecule has 0 amide bonds. The SMILES string of the molecule is CCC(=CCSCc1ccccc1)C(=O)O. The number of thioether (sulfide) groups is 1. The lowest BCUT2D eigenvalue weighted by Crippen LogP contribution is -1.99. The van der Waals surface area contributed by atoms with Gasteiger partial charge in [0.15, 0.2) is 0 Å². The smallest absolute Gasteiger partial charge is 0.331 e. The van der Waals surface area contributed by atoms with Crippen LogP contribution in [0.15, 0.2) is 42.0 Å². The molecule has 0 saturated carbocycles. The highest BCUT2D eigenvalue weighted by Crippen LogP contribution is 2.13. The zero-order valence-corrected chi connectivity index (χ0v) is 10.2. The van der Waals surface area contributed by atoms with E-state index in [4.69, 9.17) is 5.11 Å². The van der Waals surface area contributed by atoms with Crippen molar-refractivity contribution in [1.29, 1.82) is 0 Å². The number of rotatable bonds is 6. The molecular formula is C13H16O2S. The maximum absolute atomic E-state index is 10.7. The molecule has 0 bridgehead atoms. The van der Waals surface area contributed by atoms with Crippen molar-refractivity contribution < 1.29 is 9.90 Å². The Hall–Kier alpha value is -1.22. The molecule has 0 fully saturated rings. The van der Waals surface area contributed by atoms with Gasteiger partial charge in [0, 0.05) is 17.1 Å². The van der Waals surface area contributed by atoms with E-state index in [2.05, 4.69) is 12.1 Å². The second-order valence-electron chi connectivity index (χ2n) is 3.39. The molecule has 0 aliphatic heterocycles. The van der Waals surface area contributed by atoms with Gasteiger partial charge in [-0.05, 0) is 12.0 Å². The van der Waals surface area contributed by atoms with Gasteiger partial charge in [0.1, 0.15) is 0 Å². The topological polar surface area (TPSA) is 37.3 Å². The van der Waals surface area contributed by atoms with Crippen LogP contribution in [0, 0.1) is 0 Å². The highest BCUT2D eigenvalue weighted by atomic mass is 32.2. The van der Waals surface area contributed by atoms with Crippen LogP contribution in [0.2, 0.25) is 0 Å². The Kier molecular flexibility index (Phi) is 5.72. The van der Waals surface area contributed by atoms with Crippen molar-refractivity contribution in [3.05, 3.63) is 47.5 Å². The number of hydrogen-bond acceptors (Lipinski definition) is 2. The highest BCUT2D eigenvalue weighted by molar-refractivity contribution is 7.98. The van der Waals surface area contributed by atoms with Crippen LogP contribution in [-0.2, 0) is 10.5 Å². The van der Waals surface area contributed by atoms with Gasteiger partial charge >= 0.3 is 5.97 Å². The maximum Gasteiger partial charge on any atom is 0.331 e. The summed E-state index contributed by atoms with van der Waals surface area (Å²) in [6.07, 6.45) is 2.39. The zero-order valence-electron chi connectivity index (χ0n) is 9.35. The first-order valence-corrected chi connectivity index (χ1v) is 6.43. The molecule has 0 unspecified atom stereocenters. The second kappa shape index (κ2) is 7.12. The van der Waals surface area contributed by atoms with Gasteiger partial charge in [-0.1, -0.05) is 43.3 Å². The molecule has 0 saturated heterocycles. The van der Waals surface area contributed by atoms with Crippen LogP contribution in [0.5, 0.6) is 0 Å². The summed E-state index contributed by atoms with van der Waals surface area (Å²) in [5.41, 5.74) is 1.77. The Balaban J connectivity index is 2.34. The van der Waals surface area contributed by atoms with Gasteiger partial charge in [-0.15, -0.1) is 0 Å². The maximum atomic E-state index is 10.7. The van der Waals surface area contributed by atoms with Crippen LogP contribution in [0.1, 0.15) is 18.9 Å². The molecule has 0 atom stereocenters. The fraction of sp³-hybridized carbons (Fsp3) is 0.308. The summed E-state index contributed by atoms with van der Waals surface area (Å²) in [4.78, 5) is 10.7. The molecule has 0 aliphatic carbocycles. The molecule has 2 nitrogen and oxygen atoms in total. The number of carbonyl (C=O) groups is 1. The predicted octanol–water partition coefficient (Wildman–Crippen LogP) is 3.34. The molecule has 0 spiro atoms. The molecule has 0 radical (unpaired) electrons. The van der Waals surface area contributed by atoms with Crippen molar-refractivity contribution in [1.82, 2.24) is 0 Å². The third-order valence-corrected chi connectivity index (χ3v) is 3.15. The van der Waals surface area contributed by atoms with Gasteiger partial charge < -0.3 is 5.11 Å². The Morgan fingerprint density at radius 1 is 1.38 bits per heavy atom. The first-order chi connectivity index (χ1) is 7.74. The zero-order chi connectivity index (χ0) is 11.8. The first-order valence-electron chi connectivity index (χ1n) is 5.28. The summed E-state index contributed by atoms with van der Waals surface area (Å²) in [5, 5.41) is 8.81. The summed E-state index contributed by atoms with van der Waals surface area (Å²) >= 11 is 1.73. The summed E-state index contributed by atoms with van der Waals surface area (Å²) in [7, 11) is 0. The number of hydrogen-bond donors (Lipinski definition) is 1. The summed E-state index contributed by atoms with van der Waals surface area (Å²) in [6.45, 7) is 1.86. The van der Waals surface area contributed by atoms with Crippen LogP contribution in [-0.4, -0.2) is 16.8 Å². The van der Waals surface area contributed by atoms with Gasteiger partial charge in [0.25, 0.3) is 0 Å². The molecular weight excluding hydrogens is 220 g/mol. The summed E-state index contributed by atoms with van der Waals surface area (Å²) in [6, 6.07) is 10.2. The average Bonchev–Trinajstić information content (AvgIpc) is 2.30. The largest absolute Gasteiger partial charge is 0.478 e. The van der Waals surface area contributed by atoms with Crippen LogP contribution in [0.3, 0.4) is 0 Å². The Morgan fingerprint density at radius 3 is 2.62 bits per heavy atom. The van der Waals surface area contributed by atoms with Crippen molar-refractivity contribution in [2.45, 2.75) is 19.1 Å². The fourth-order valence-corrected chi connectivity index (χ4v) is 2.16. The van der Waals surface area contributed by atoms with Crippen LogP contribution >= 0.6 is 11.8 Å². The van der Waals surface area contributed by atoms with E-state index in [1.54, 1.807) is 17.8 Å². The first kappa shape index (κ1) is 12.8. The van der Waals surface area contributed by atoms with E-state index in [0.29, 0.717) is 12.0 Å². The standard InChI is InChI=1S/C13H16O2S/c1-2-12(13(14)15)8-9-16-10-11-6-4-3-5-7-11/h3-8H,2,9-10H2,1H3,(H,14,15). The summed E-state index contributed by atoms with van der Waals surface area (Å²) < 4.78 is 0. The van der Waals surface area contributed by atoms with E-state index in [1.807, 2.05) is 25.1 Å². The molecule has 0 aromatic heterocycles. The van der Waals surface area contributed by atoms with Crippen molar-refractivity contribution in [2.75, 3.05) is 5.75 Å². The van der Waals surface area contributed by atoms with E-state index >= 15 is 0 Å². The molecule has 86 valence electrons. The third kappa shape index (κ3) is 4.53. The van der Waals surface area contributed by atoms with Gasteiger partial charge in [-0.2, -0.15) is 11.8 Å². The minimum absolute atomic E-state index is 0.501. The van der Waals surface area contributed by atoms with Gasteiger partial charge in [0.05, 0.1) is 0 Å². The Labute approximate surface area is 100 Å². The molecule has 0 heterocycles. The number of carboxylic acid groups (broad SMARTS) is 1. The fourth-order valence-electron chi connectivity index (χ4n) is 1.29. The van der Waals surface area contributed by atoms with Crippen LogP contribution < -0.4 is 0 Å². The second-order valence-corrected chi connectivity index (χ2v) is 4.42. The molecule has 1 N–H and O–H groups in total. The van der Waals surface area contributed by atoms with Gasteiger partial charge in [0.2, 0.25) is 0 Å². The average molecular weight is 236 g/mol. The molecule has 1 aromatic carbocycles. The normalized spacial score (nSPS) is 11.4. The molecule has 0 aliphatic rings. The van der Waals surface area contributed by atoms with Crippen molar-refractivity contribution in [2.24, 2.45) is 0 Å².